The van der Waals surface area contributed by atoms with Gasteiger partial charge in [-0.05, 0) is 37.1 Å². The number of amides is 2. The third-order valence-electron chi connectivity index (χ3n) is 4.19. The monoisotopic (exact) mass is 438 g/mol. The van der Waals surface area contributed by atoms with Crippen molar-refractivity contribution in [1.29, 1.82) is 0 Å². The van der Waals surface area contributed by atoms with Crippen LogP contribution < -0.4 is 5.32 Å². The normalized spacial score (nSPS) is 11.7. The molecule has 2 amide bonds. The number of likely N-dealkylation sites (N-methyl/N-ethyl adjacent to an activating group) is 1. The van der Waals surface area contributed by atoms with Crippen LogP contribution in [0.25, 0.3) is 0 Å². The first-order valence-corrected chi connectivity index (χ1v) is 11.0. The Morgan fingerprint density at radius 2 is 1.79 bits per heavy atom. The molecule has 7 heteroatoms. The molecule has 0 aromatic heterocycles. The van der Waals surface area contributed by atoms with Crippen LogP contribution in [-0.4, -0.2) is 35.1 Å². The smallest absolute Gasteiger partial charge is 0.242 e. The number of halogens is 2. The molecule has 2 rings (SSSR count). The molecule has 150 valence electrons. The van der Waals surface area contributed by atoms with Gasteiger partial charge in [0.05, 0.1) is 15.8 Å². The molecule has 0 heterocycles. The van der Waals surface area contributed by atoms with Crippen molar-refractivity contribution in [2.24, 2.45) is 0 Å². The predicted molar refractivity (Wildman–Crippen MR) is 118 cm³/mol. The lowest BCUT2D eigenvalue weighted by atomic mass is 10.1. The summed E-state index contributed by atoms with van der Waals surface area (Å²) in [5, 5.41) is 3.67. The molecule has 0 spiro atoms. The molecular formula is C21H24Cl2N2O2S. The lowest BCUT2D eigenvalue weighted by Crippen LogP contribution is -2.48. The number of nitrogens with zero attached hydrogens (tertiary/aromatic N) is 1. The van der Waals surface area contributed by atoms with Gasteiger partial charge in [-0.3, -0.25) is 9.59 Å². The summed E-state index contributed by atoms with van der Waals surface area (Å²) in [7, 11) is 0. The van der Waals surface area contributed by atoms with E-state index < -0.39 is 6.04 Å². The van der Waals surface area contributed by atoms with E-state index in [1.807, 2.05) is 43.3 Å². The number of carbonyl (C=O) groups excluding carboxylic acids is 2. The van der Waals surface area contributed by atoms with Crippen LogP contribution >= 0.6 is 35.0 Å². The molecule has 0 aliphatic rings. The van der Waals surface area contributed by atoms with Crippen molar-refractivity contribution in [2.45, 2.75) is 32.2 Å². The first kappa shape index (κ1) is 22.6. The van der Waals surface area contributed by atoms with Crippen molar-refractivity contribution in [1.82, 2.24) is 10.2 Å². The topological polar surface area (TPSA) is 49.4 Å². The Kier molecular flexibility index (Phi) is 9.16. The highest BCUT2D eigenvalue weighted by molar-refractivity contribution is 7.99. The summed E-state index contributed by atoms with van der Waals surface area (Å²) in [6, 6.07) is 14.6. The highest BCUT2D eigenvalue weighted by Crippen LogP contribution is 2.24. The first-order chi connectivity index (χ1) is 13.4. The minimum Gasteiger partial charge on any atom is -0.355 e. The van der Waals surface area contributed by atoms with Crippen LogP contribution in [0.3, 0.4) is 0 Å². The van der Waals surface area contributed by atoms with Gasteiger partial charge in [0, 0.05) is 18.8 Å². The standard InChI is InChI=1S/C21H24Cl2N2O2S/c1-3-24-21(27)15(2)25(12-17-9-10-18(22)19(23)11-17)20(26)14-28-13-16-7-5-4-6-8-16/h4-11,15H,3,12-14H2,1-2H3,(H,24,27)/t15-/m1/s1. The Balaban J connectivity index is 2.08. The summed E-state index contributed by atoms with van der Waals surface area (Å²) in [5.74, 6) is 0.762. The van der Waals surface area contributed by atoms with Gasteiger partial charge in [-0.2, -0.15) is 0 Å². The molecule has 1 atom stereocenters. The molecule has 0 bridgehead atoms. The van der Waals surface area contributed by atoms with Gasteiger partial charge in [0.25, 0.3) is 0 Å². The number of carbonyl (C=O) groups is 2. The van der Waals surface area contributed by atoms with Crippen molar-refractivity contribution < 1.29 is 9.59 Å². The second kappa shape index (κ2) is 11.3. The van der Waals surface area contributed by atoms with E-state index in [0.717, 1.165) is 16.9 Å². The highest BCUT2D eigenvalue weighted by atomic mass is 35.5. The van der Waals surface area contributed by atoms with Crippen molar-refractivity contribution >= 4 is 46.8 Å². The molecule has 0 radical (unpaired) electrons. The fourth-order valence-electron chi connectivity index (χ4n) is 2.65. The summed E-state index contributed by atoms with van der Waals surface area (Å²) >= 11 is 13.6. The summed E-state index contributed by atoms with van der Waals surface area (Å²) in [6.45, 7) is 4.40. The van der Waals surface area contributed by atoms with Gasteiger partial charge < -0.3 is 10.2 Å². The molecule has 2 aromatic rings. The minimum absolute atomic E-state index is 0.0919. The Morgan fingerprint density at radius 3 is 2.43 bits per heavy atom. The van der Waals surface area contributed by atoms with E-state index in [2.05, 4.69) is 5.32 Å². The maximum absolute atomic E-state index is 12.9. The molecule has 0 saturated heterocycles. The molecule has 0 unspecified atom stereocenters. The lowest BCUT2D eigenvalue weighted by molar-refractivity contribution is -0.138. The van der Waals surface area contributed by atoms with Crippen LogP contribution in [0.4, 0.5) is 0 Å². The average molecular weight is 439 g/mol. The van der Waals surface area contributed by atoms with Crippen LogP contribution in [0.2, 0.25) is 10.0 Å². The van der Waals surface area contributed by atoms with Crippen LogP contribution in [0, 0.1) is 0 Å². The Bertz CT molecular complexity index is 802. The second-order valence-electron chi connectivity index (χ2n) is 6.32. The third-order valence-corrected chi connectivity index (χ3v) is 5.92. The summed E-state index contributed by atoms with van der Waals surface area (Å²) < 4.78 is 0. The molecule has 0 fully saturated rings. The first-order valence-electron chi connectivity index (χ1n) is 9.05. The second-order valence-corrected chi connectivity index (χ2v) is 8.12. The number of hydrogen-bond acceptors (Lipinski definition) is 3. The SMILES string of the molecule is CCNC(=O)[C@@H](C)N(Cc1ccc(Cl)c(Cl)c1)C(=O)CSCc1ccccc1. The summed E-state index contributed by atoms with van der Waals surface area (Å²) in [6.07, 6.45) is 0. The van der Waals surface area contributed by atoms with Crippen LogP contribution in [0.1, 0.15) is 25.0 Å². The molecular weight excluding hydrogens is 415 g/mol. The van der Waals surface area contributed by atoms with E-state index in [0.29, 0.717) is 28.9 Å². The van der Waals surface area contributed by atoms with Gasteiger partial charge in [0.15, 0.2) is 0 Å². The zero-order valence-electron chi connectivity index (χ0n) is 16.0. The molecule has 0 saturated carbocycles. The van der Waals surface area contributed by atoms with E-state index in [-0.39, 0.29) is 11.8 Å². The van der Waals surface area contributed by atoms with Crippen LogP contribution in [-0.2, 0) is 21.9 Å². The fourth-order valence-corrected chi connectivity index (χ4v) is 3.84. The molecule has 0 aliphatic carbocycles. The third kappa shape index (κ3) is 6.73. The molecule has 28 heavy (non-hydrogen) atoms. The average Bonchev–Trinajstić information content (AvgIpc) is 2.69. The van der Waals surface area contributed by atoms with E-state index >= 15 is 0 Å². The number of hydrogen-bond donors (Lipinski definition) is 1. The molecule has 1 N–H and O–H groups in total. The van der Waals surface area contributed by atoms with Gasteiger partial charge in [0.1, 0.15) is 6.04 Å². The highest BCUT2D eigenvalue weighted by Gasteiger charge is 2.25. The fraction of sp³-hybridized carbons (Fsp3) is 0.333. The van der Waals surface area contributed by atoms with Gasteiger partial charge in [-0.15, -0.1) is 11.8 Å². The maximum atomic E-state index is 12.9. The van der Waals surface area contributed by atoms with E-state index in [9.17, 15) is 9.59 Å². The van der Waals surface area contributed by atoms with E-state index in [1.165, 1.54) is 11.8 Å². The van der Waals surface area contributed by atoms with Crippen LogP contribution in [0.15, 0.2) is 48.5 Å². The van der Waals surface area contributed by atoms with Gasteiger partial charge in [-0.1, -0.05) is 59.6 Å². The zero-order chi connectivity index (χ0) is 20.5. The lowest BCUT2D eigenvalue weighted by Gasteiger charge is -2.28. The Hall–Kier alpha value is -1.69. The molecule has 0 aliphatic heterocycles. The number of thioether (sulfide) groups is 1. The largest absolute Gasteiger partial charge is 0.355 e. The van der Waals surface area contributed by atoms with Crippen molar-refractivity contribution in [3.63, 3.8) is 0 Å². The van der Waals surface area contributed by atoms with Crippen molar-refractivity contribution in [3.05, 3.63) is 69.7 Å². The zero-order valence-corrected chi connectivity index (χ0v) is 18.3. The Morgan fingerprint density at radius 1 is 1.07 bits per heavy atom. The minimum atomic E-state index is -0.584. The molecule has 4 nitrogen and oxygen atoms in total. The number of rotatable bonds is 9. The van der Waals surface area contributed by atoms with Gasteiger partial charge in [0.2, 0.25) is 11.8 Å². The quantitative estimate of drug-likeness (QED) is 0.612. The van der Waals surface area contributed by atoms with E-state index in [1.54, 1.807) is 24.0 Å². The van der Waals surface area contributed by atoms with Crippen molar-refractivity contribution in [2.75, 3.05) is 12.3 Å². The molecule has 2 aromatic carbocycles. The summed E-state index contributed by atoms with van der Waals surface area (Å²) in [5.41, 5.74) is 1.99. The Labute approximate surface area is 180 Å². The predicted octanol–water partition coefficient (Wildman–Crippen LogP) is 4.78. The van der Waals surface area contributed by atoms with Crippen LogP contribution in [0.5, 0.6) is 0 Å². The van der Waals surface area contributed by atoms with Gasteiger partial charge >= 0.3 is 0 Å². The summed E-state index contributed by atoms with van der Waals surface area (Å²) in [4.78, 5) is 26.8. The van der Waals surface area contributed by atoms with Gasteiger partial charge in [-0.25, -0.2) is 0 Å². The van der Waals surface area contributed by atoms with Crippen molar-refractivity contribution in [3.8, 4) is 0 Å². The van der Waals surface area contributed by atoms with E-state index in [4.69, 9.17) is 23.2 Å². The number of benzene rings is 2. The maximum Gasteiger partial charge on any atom is 0.242 e. The number of nitrogens with one attached hydrogen (secondary N) is 1.